The lowest BCUT2D eigenvalue weighted by Gasteiger charge is -2.32. The Balaban J connectivity index is 1.41. The fourth-order valence-electron chi connectivity index (χ4n) is 5.35. The Labute approximate surface area is 308 Å². The van der Waals surface area contributed by atoms with Crippen molar-refractivity contribution in [2.24, 2.45) is 0 Å². The summed E-state index contributed by atoms with van der Waals surface area (Å²) in [6, 6.07) is 10.4. The van der Waals surface area contributed by atoms with E-state index in [1.165, 1.54) is 48.5 Å². The van der Waals surface area contributed by atoms with Gasteiger partial charge in [0.1, 0.15) is 10.1 Å². The first kappa shape index (κ1) is 39.3. The molecule has 0 bridgehead atoms. The van der Waals surface area contributed by atoms with Crippen LogP contribution in [0.25, 0.3) is 17.2 Å². The zero-order valence-corrected chi connectivity index (χ0v) is 29.3. The number of anilines is 1. The van der Waals surface area contributed by atoms with Crippen LogP contribution >= 0.6 is 24.0 Å². The molecule has 53 heavy (non-hydrogen) atoms. The third-order valence-electron chi connectivity index (χ3n) is 8.28. The van der Waals surface area contributed by atoms with Gasteiger partial charge in [-0.15, -0.1) is 0 Å². The van der Waals surface area contributed by atoms with E-state index in [1.807, 2.05) is 11.9 Å². The first-order valence-electron chi connectivity index (χ1n) is 15.8. The summed E-state index contributed by atoms with van der Waals surface area (Å²) in [6.07, 6.45) is -9.06. The number of amides is 3. The number of nitrogens with one attached hydrogen (secondary N) is 1. The van der Waals surface area contributed by atoms with E-state index in [0.29, 0.717) is 44.0 Å². The zero-order valence-electron chi connectivity index (χ0n) is 27.7. The van der Waals surface area contributed by atoms with Crippen molar-refractivity contribution in [3.05, 3.63) is 87.8 Å². The predicted molar refractivity (Wildman–Crippen MR) is 188 cm³/mol. The fourth-order valence-corrected chi connectivity index (χ4v) is 6.65. The normalized spacial score (nSPS) is 16.3. The lowest BCUT2D eigenvalue weighted by Crippen LogP contribution is -2.48. The summed E-state index contributed by atoms with van der Waals surface area (Å²) in [5.74, 6) is -2.58. The van der Waals surface area contributed by atoms with Gasteiger partial charge in [0.2, 0.25) is 5.91 Å². The molecule has 2 N–H and O–H groups in total. The van der Waals surface area contributed by atoms with Crippen LogP contribution in [0, 0.1) is 0 Å². The van der Waals surface area contributed by atoms with Gasteiger partial charge in [-0.25, -0.2) is 4.79 Å². The SMILES string of the molecule is CN1CCN(C(=O)COc2ccc(-c3cc(C(F)(F)F)cc(C(F)(F)F)c3)cc2C=C2SC(=S)N(CCC(=O)Nc3ccc(C(=O)O)cc3)C2=O)CC1. The molecule has 3 aromatic rings. The van der Waals surface area contributed by atoms with Gasteiger partial charge in [-0.3, -0.25) is 19.3 Å². The molecule has 0 aliphatic carbocycles. The smallest absolute Gasteiger partial charge is 0.416 e. The van der Waals surface area contributed by atoms with Crippen LogP contribution in [0.15, 0.2) is 65.6 Å². The van der Waals surface area contributed by atoms with Crippen LogP contribution in [0.5, 0.6) is 5.75 Å². The highest BCUT2D eigenvalue weighted by Crippen LogP contribution is 2.40. The number of ether oxygens (including phenoxy) is 1. The second-order valence-corrected chi connectivity index (χ2v) is 13.7. The second kappa shape index (κ2) is 16.0. The van der Waals surface area contributed by atoms with Crippen LogP contribution < -0.4 is 10.1 Å². The number of hydrogen-bond acceptors (Lipinski definition) is 8. The number of carbonyl (C=O) groups excluding carboxylic acids is 3. The molecule has 2 saturated heterocycles. The number of carbonyl (C=O) groups is 4. The quantitative estimate of drug-likeness (QED) is 0.136. The first-order valence-corrected chi connectivity index (χ1v) is 17.0. The van der Waals surface area contributed by atoms with Crippen molar-refractivity contribution in [2.45, 2.75) is 18.8 Å². The summed E-state index contributed by atoms with van der Waals surface area (Å²) in [7, 11) is 1.91. The molecule has 0 unspecified atom stereocenters. The van der Waals surface area contributed by atoms with E-state index in [0.717, 1.165) is 16.7 Å². The van der Waals surface area contributed by atoms with Crippen molar-refractivity contribution in [3.63, 3.8) is 0 Å². The molecule has 10 nitrogen and oxygen atoms in total. The Hall–Kier alpha value is -4.94. The predicted octanol–water partition coefficient (Wildman–Crippen LogP) is 6.47. The van der Waals surface area contributed by atoms with Crippen molar-refractivity contribution in [1.82, 2.24) is 14.7 Å². The van der Waals surface area contributed by atoms with E-state index < -0.39 is 53.4 Å². The van der Waals surface area contributed by atoms with Gasteiger partial charge < -0.3 is 25.0 Å². The minimum Gasteiger partial charge on any atom is -0.483 e. The number of thioether (sulfide) groups is 1. The van der Waals surface area contributed by atoms with Gasteiger partial charge >= 0.3 is 18.3 Å². The molecule has 2 heterocycles. The third kappa shape index (κ3) is 9.94. The zero-order chi connectivity index (χ0) is 38.7. The maximum Gasteiger partial charge on any atom is 0.416 e. The van der Waals surface area contributed by atoms with Gasteiger partial charge in [0.15, 0.2) is 6.61 Å². The van der Waals surface area contributed by atoms with Gasteiger partial charge in [0, 0.05) is 50.4 Å². The number of alkyl halides is 6. The van der Waals surface area contributed by atoms with Crippen LogP contribution in [-0.4, -0.2) is 94.2 Å². The van der Waals surface area contributed by atoms with E-state index >= 15 is 0 Å². The highest BCUT2D eigenvalue weighted by Gasteiger charge is 2.37. The summed E-state index contributed by atoms with van der Waals surface area (Å²) in [5, 5.41) is 11.6. The Bertz CT molecular complexity index is 1930. The molecule has 0 radical (unpaired) electrons. The number of hydrogen-bond donors (Lipinski definition) is 2. The third-order valence-corrected chi connectivity index (χ3v) is 9.65. The molecule has 280 valence electrons. The van der Waals surface area contributed by atoms with E-state index in [2.05, 4.69) is 5.32 Å². The summed E-state index contributed by atoms with van der Waals surface area (Å²) < 4.78 is 87.9. The van der Waals surface area contributed by atoms with Gasteiger partial charge in [-0.1, -0.05) is 30.0 Å². The van der Waals surface area contributed by atoms with Crippen LogP contribution in [0.1, 0.15) is 33.5 Å². The minimum absolute atomic E-state index is 0.0204. The number of piperazine rings is 1. The number of rotatable bonds is 10. The molecule has 2 aliphatic rings. The number of carboxylic acid groups (broad SMARTS) is 1. The first-order chi connectivity index (χ1) is 24.9. The van der Waals surface area contributed by atoms with E-state index in [9.17, 15) is 45.5 Å². The van der Waals surface area contributed by atoms with Crippen molar-refractivity contribution in [1.29, 1.82) is 0 Å². The summed E-state index contributed by atoms with van der Waals surface area (Å²) in [5.41, 5.74) is -3.07. The maximum absolute atomic E-state index is 13.7. The van der Waals surface area contributed by atoms with Crippen LogP contribution in [-0.2, 0) is 26.7 Å². The summed E-state index contributed by atoms with van der Waals surface area (Å²) in [6.45, 7) is 1.63. The van der Waals surface area contributed by atoms with Crippen molar-refractivity contribution in [2.75, 3.05) is 51.7 Å². The number of halogens is 6. The molecule has 3 aromatic carbocycles. The van der Waals surface area contributed by atoms with Gasteiger partial charge in [0.25, 0.3) is 11.8 Å². The number of thiocarbonyl (C=S) groups is 1. The van der Waals surface area contributed by atoms with E-state index in [4.69, 9.17) is 22.1 Å². The highest BCUT2D eigenvalue weighted by molar-refractivity contribution is 8.26. The molecule has 2 fully saturated rings. The van der Waals surface area contributed by atoms with E-state index in [-0.39, 0.29) is 56.6 Å². The number of benzene rings is 3. The number of aromatic carboxylic acids is 1. The number of carboxylic acids is 1. The Morgan fingerprint density at radius 2 is 1.53 bits per heavy atom. The van der Waals surface area contributed by atoms with Crippen LogP contribution in [0.2, 0.25) is 0 Å². The molecule has 0 atom stereocenters. The number of nitrogens with zero attached hydrogens (tertiary/aromatic N) is 3. The molecule has 0 saturated carbocycles. The molecule has 0 aromatic heterocycles. The lowest BCUT2D eigenvalue weighted by atomic mass is 9.97. The van der Waals surface area contributed by atoms with Gasteiger partial charge in [0.05, 0.1) is 21.6 Å². The standard InChI is InChI=1S/C35H30F6N4O6S2/c1-43-10-12-44(13-11-43)30(47)19-51-27-7-4-21(22-15-24(34(36,37)38)18-25(16-22)35(39,40)41)14-23(27)17-28-31(48)45(33(52)53-28)9-8-29(46)42-26-5-2-20(3-6-26)32(49)50/h2-7,14-18H,8-13,19H2,1H3,(H,42,46)(H,49,50). The second-order valence-electron chi connectivity index (χ2n) is 12.0. The Kier molecular flexibility index (Phi) is 11.8. The van der Waals surface area contributed by atoms with Crippen molar-refractivity contribution < 1.29 is 55.4 Å². The van der Waals surface area contributed by atoms with Gasteiger partial charge in [-0.05, 0) is 78.8 Å². The minimum atomic E-state index is -5.08. The lowest BCUT2D eigenvalue weighted by molar-refractivity contribution is -0.143. The Morgan fingerprint density at radius 3 is 2.11 bits per heavy atom. The molecule has 2 aliphatic heterocycles. The van der Waals surface area contributed by atoms with Gasteiger partial charge in [-0.2, -0.15) is 26.3 Å². The van der Waals surface area contributed by atoms with E-state index in [1.54, 1.807) is 4.90 Å². The molecular weight excluding hydrogens is 751 g/mol. The molecule has 5 rings (SSSR count). The molecule has 0 spiro atoms. The highest BCUT2D eigenvalue weighted by atomic mass is 32.2. The van der Waals surface area contributed by atoms with Crippen LogP contribution in [0.4, 0.5) is 32.0 Å². The van der Waals surface area contributed by atoms with Crippen molar-refractivity contribution >= 4 is 63.8 Å². The largest absolute Gasteiger partial charge is 0.483 e. The average molecular weight is 781 g/mol. The molecular formula is C35H30F6N4O6S2. The number of likely N-dealkylation sites (N-methyl/N-ethyl adjacent to an activating group) is 1. The fraction of sp³-hybridized carbons (Fsp3) is 0.286. The molecule has 18 heteroatoms. The summed E-state index contributed by atoms with van der Waals surface area (Å²) in [4.78, 5) is 54.9. The Morgan fingerprint density at radius 1 is 0.906 bits per heavy atom. The van der Waals surface area contributed by atoms with Crippen molar-refractivity contribution in [3.8, 4) is 16.9 Å². The molecule has 3 amide bonds. The summed E-state index contributed by atoms with van der Waals surface area (Å²) >= 11 is 6.23. The average Bonchev–Trinajstić information content (AvgIpc) is 3.36. The topological polar surface area (TPSA) is 119 Å². The van der Waals surface area contributed by atoms with Crippen LogP contribution in [0.3, 0.4) is 0 Å². The monoisotopic (exact) mass is 780 g/mol. The maximum atomic E-state index is 13.7.